The fourth-order valence-electron chi connectivity index (χ4n) is 3.16. The molecule has 28 heavy (non-hydrogen) atoms. The Kier molecular flexibility index (Phi) is 7.03. The fraction of sp³-hybridized carbons (Fsp3) is 0.364. The fourth-order valence-corrected chi connectivity index (χ4v) is 3.16. The molecule has 0 aromatic heterocycles. The second kappa shape index (κ2) is 9.90. The number of rotatable bonds is 6. The lowest BCUT2D eigenvalue weighted by molar-refractivity contribution is -0.132. The van der Waals surface area contributed by atoms with Gasteiger partial charge < -0.3 is 20.3 Å². The minimum Gasteiger partial charge on any atom is -0.378 e. The first-order valence-corrected chi connectivity index (χ1v) is 9.80. The number of nitrogens with zero attached hydrogens (tertiary/aromatic N) is 1. The Hall–Kier alpha value is -2.86. The van der Waals surface area contributed by atoms with Crippen LogP contribution in [-0.4, -0.2) is 38.1 Å². The first-order chi connectivity index (χ1) is 13.7. The summed E-state index contributed by atoms with van der Waals surface area (Å²) >= 11 is 0. The van der Waals surface area contributed by atoms with E-state index >= 15 is 0 Å². The number of hydrogen-bond acceptors (Lipinski definition) is 4. The number of aryl methyl sites for hydroxylation is 1. The average Bonchev–Trinajstić information content (AvgIpc) is 2.74. The van der Waals surface area contributed by atoms with Crippen molar-refractivity contribution in [1.82, 2.24) is 0 Å². The second-order valence-electron chi connectivity index (χ2n) is 6.83. The number of benzene rings is 2. The summed E-state index contributed by atoms with van der Waals surface area (Å²) < 4.78 is 5.38. The smallest absolute Gasteiger partial charge is 0.314 e. The van der Waals surface area contributed by atoms with E-state index < -0.39 is 11.8 Å². The van der Waals surface area contributed by atoms with Gasteiger partial charge in [-0.05, 0) is 42.7 Å². The van der Waals surface area contributed by atoms with Crippen LogP contribution in [0.5, 0.6) is 0 Å². The maximum Gasteiger partial charge on any atom is 0.314 e. The van der Waals surface area contributed by atoms with Crippen LogP contribution < -0.4 is 15.5 Å². The highest BCUT2D eigenvalue weighted by atomic mass is 16.5. The third-order valence-corrected chi connectivity index (χ3v) is 4.74. The highest BCUT2D eigenvalue weighted by molar-refractivity contribution is 6.43. The Balaban J connectivity index is 1.61. The van der Waals surface area contributed by atoms with Gasteiger partial charge in [-0.1, -0.05) is 37.6 Å². The number of unbranched alkanes of at least 4 members (excludes halogenated alkanes) is 1. The summed E-state index contributed by atoms with van der Waals surface area (Å²) in [4.78, 5) is 26.8. The van der Waals surface area contributed by atoms with Crippen molar-refractivity contribution in [2.24, 2.45) is 0 Å². The van der Waals surface area contributed by atoms with Crippen LogP contribution in [0.1, 0.15) is 25.3 Å². The van der Waals surface area contributed by atoms with Gasteiger partial charge in [-0.3, -0.25) is 9.59 Å². The van der Waals surface area contributed by atoms with Crippen molar-refractivity contribution in [3.63, 3.8) is 0 Å². The van der Waals surface area contributed by atoms with Crippen molar-refractivity contribution in [2.45, 2.75) is 26.2 Å². The predicted molar refractivity (Wildman–Crippen MR) is 112 cm³/mol. The Labute approximate surface area is 165 Å². The van der Waals surface area contributed by atoms with Gasteiger partial charge in [0.15, 0.2) is 0 Å². The van der Waals surface area contributed by atoms with Gasteiger partial charge in [0.2, 0.25) is 0 Å². The molecule has 1 fully saturated rings. The van der Waals surface area contributed by atoms with Gasteiger partial charge in [0.1, 0.15) is 0 Å². The molecule has 0 bridgehead atoms. The highest BCUT2D eigenvalue weighted by Crippen LogP contribution is 2.26. The topological polar surface area (TPSA) is 70.7 Å². The second-order valence-corrected chi connectivity index (χ2v) is 6.83. The number of amides is 2. The Bertz CT molecular complexity index is 799. The minimum absolute atomic E-state index is 0.613. The Morgan fingerprint density at radius 2 is 1.64 bits per heavy atom. The van der Waals surface area contributed by atoms with Gasteiger partial charge in [0.05, 0.1) is 24.6 Å². The number of anilines is 3. The minimum atomic E-state index is -0.684. The van der Waals surface area contributed by atoms with E-state index in [0.717, 1.165) is 38.0 Å². The van der Waals surface area contributed by atoms with E-state index in [2.05, 4.69) is 22.5 Å². The van der Waals surface area contributed by atoms with Gasteiger partial charge >= 0.3 is 11.8 Å². The van der Waals surface area contributed by atoms with Crippen LogP contribution in [0.4, 0.5) is 17.1 Å². The summed E-state index contributed by atoms with van der Waals surface area (Å²) in [5.74, 6) is -1.37. The third kappa shape index (κ3) is 5.33. The lowest BCUT2D eigenvalue weighted by atomic mass is 10.1. The van der Waals surface area contributed by atoms with E-state index in [9.17, 15) is 9.59 Å². The molecule has 1 aliphatic rings. The molecule has 2 aromatic rings. The van der Waals surface area contributed by atoms with Crippen LogP contribution in [0.25, 0.3) is 0 Å². The lowest BCUT2D eigenvalue weighted by Gasteiger charge is -2.30. The number of carbonyl (C=O) groups is 2. The van der Waals surface area contributed by atoms with Gasteiger partial charge in [0, 0.05) is 18.8 Å². The van der Waals surface area contributed by atoms with Crippen molar-refractivity contribution in [1.29, 1.82) is 0 Å². The first kappa shape index (κ1) is 19.9. The maximum absolute atomic E-state index is 12.4. The quantitative estimate of drug-likeness (QED) is 0.752. The number of morpholine rings is 1. The van der Waals surface area contributed by atoms with E-state index in [1.807, 2.05) is 42.5 Å². The van der Waals surface area contributed by atoms with Crippen molar-refractivity contribution < 1.29 is 14.3 Å². The summed E-state index contributed by atoms with van der Waals surface area (Å²) in [5, 5.41) is 5.39. The Morgan fingerprint density at radius 3 is 2.36 bits per heavy atom. The summed E-state index contributed by atoms with van der Waals surface area (Å²) in [6, 6.07) is 15.1. The molecule has 148 valence electrons. The molecule has 1 heterocycles. The molecule has 6 nitrogen and oxygen atoms in total. The van der Waals surface area contributed by atoms with E-state index in [1.165, 1.54) is 5.56 Å². The summed E-state index contributed by atoms with van der Waals surface area (Å²) in [6.07, 6.45) is 3.30. The average molecular weight is 381 g/mol. The molecule has 2 N–H and O–H groups in total. The first-order valence-electron chi connectivity index (χ1n) is 9.80. The number of carbonyl (C=O) groups excluding carboxylic acids is 2. The van der Waals surface area contributed by atoms with Crippen LogP contribution in [0.15, 0.2) is 48.5 Å². The van der Waals surface area contributed by atoms with Crippen LogP contribution in [0.2, 0.25) is 0 Å². The van der Waals surface area contributed by atoms with Crippen molar-refractivity contribution in [3.8, 4) is 0 Å². The predicted octanol–water partition coefficient (Wildman–Crippen LogP) is 3.44. The van der Waals surface area contributed by atoms with Crippen LogP contribution in [-0.2, 0) is 20.7 Å². The third-order valence-electron chi connectivity index (χ3n) is 4.74. The molecular formula is C22H27N3O3. The number of hydrogen-bond donors (Lipinski definition) is 2. The number of ether oxygens (including phenoxy) is 1. The lowest BCUT2D eigenvalue weighted by Crippen LogP contribution is -2.37. The maximum atomic E-state index is 12.4. The van der Waals surface area contributed by atoms with Crippen molar-refractivity contribution in [3.05, 3.63) is 54.1 Å². The molecule has 1 saturated heterocycles. The monoisotopic (exact) mass is 381 g/mol. The normalized spacial score (nSPS) is 13.8. The molecule has 6 heteroatoms. The van der Waals surface area contributed by atoms with E-state index in [1.54, 1.807) is 6.07 Å². The van der Waals surface area contributed by atoms with Crippen LogP contribution in [0, 0.1) is 0 Å². The van der Waals surface area contributed by atoms with Crippen LogP contribution >= 0.6 is 0 Å². The van der Waals surface area contributed by atoms with Crippen molar-refractivity contribution >= 4 is 28.9 Å². The molecule has 0 aliphatic carbocycles. The molecule has 3 rings (SSSR count). The molecule has 0 spiro atoms. The summed E-state index contributed by atoms with van der Waals surface area (Å²) in [7, 11) is 0. The highest BCUT2D eigenvalue weighted by Gasteiger charge is 2.19. The zero-order valence-corrected chi connectivity index (χ0v) is 16.2. The Morgan fingerprint density at radius 1 is 0.964 bits per heavy atom. The summed E-state index contributed by atoms with van der Waals surface area (Å²) in [5.41, 5.74) is 3.36. The molecule has 0 unspecified atom stereocenters. The molecular weight excluding hydrogens is 354 g/mol. The van der Waals surface area contributed by atoms with Gasteiger partial charge in [0.25, 0.3) is 0 Å². The number of nitrogens with one attached hydrogen (secondary N) is 2. The largest absolute Gasteiger partial charge is 0.378 e. The van der Waals surface area contributed by atoms with E-state index in [-0.39, 0.29) is 0 Å². The zero-order chi connectivity index (χ0) is 19.8. The van der Waals surface area contributed by atoms with Crippen molar-refractivity contribution in [2.75, 3.05) is 41.8 Å². The molecule has 2 amide bonds. The summed E-state index contributed by atoms with van der Waals surface area (Å²) in [6.45, 7) is 4.96. The van der Waals surface area contributed by atoms with Crippen LogP contribution in [0.3, 0.4) is 0 Å². The van der Waals surface area contributed by atoms with E-state index in [4.69, 9.17) is 4.74 Å². The van der Waals surface area contributed by atoms with Gasteiger partial charge in [-0.25, -0.2) is 0 Å². The zero-order valence-electron chi connectivity index (χ0n) is 16.2. The standard InChI is InChI=1S/C22H27N3O3/c1-2-3-6-17-9-11-18(12-10-17)23-21(26)22(27)24-19-7-4-5-8-20(19)25-13-15-28-16-14-25/h4-5,7-12H,2-3,6,13-16H2,1H3,(H,23,26)(H,24,27). The molecule has 2 aromatic carbocycles. The molecule has 0 radical (unpaired) electrons. The SMILES string of the molecule is CCCCc1ccc(NC(=O)C(=O)Nc2ccccc2N2CCOCC2)cc1. The number of para-hydroxylation sites is 2. The molecule has 1 aliphatic heterocycles. The van der Waals surface area contributed by atoms with Gasteiger partial charge in [-0.2, -0.15) is 0 Å². The van der Waals surface area contributed by atoms with Gasteiger partial charge in [-0.15, -0.1) is 0 Å². The molecule has 0 atom stereocenters. The van der Waals surface area contributed by atoms with E-state index in [0.29, 0.717) is 24.6 Å². The molecule has 0 saturated carbocycles.